The lowest BCUT2D eigenvalue weighted by atomic mass is 10.1. The number of rotatable bonds is 5. The summed E-state index contributed by atoms with van der Waals surface area (Å²) < 4.78 is 6.49. The Labute approximate surface area is 113 Å². The van der Waals surface area contributed by atoms with Gasteiger partial charge in [-0.25, -0.2) is 4.79 Å². The number of aromatic carboxylic acids is 1. The van der Waals surface area contributed by atoms with Crippen LogP contribution >= 0.6 is 0 Å². The summed E-state index contributed by atoms with van der Waals surface area (Å²) in [5.41, 5.74) is 0.688. The van der Waals surface area contributed by atoms with E-state index in [0.717, 1.165) is 0 Å². The largest absolute Gasteiger partial charge is 0.496 e. The highest BCUT2D eigenvalue weighted by molar-refractivity contribution is 5.88. The lowest BCUT2D eigenvalue weighted by molar-refractivity contribution is -0.389. The van der Waals surface area contributed by atoms with Crippen molar-refractivity contribution in [2.75, 3.05) is 7.11 Å². The molecule has 0 radical (unpaired) electrons. The van der Waals surface area contributed by atoms with Crippen molar-refractivity contribution in [1.29, 1.82) is 0 Å². The standard InChI is InChI=1S/C12H11N3O5/c1-20-10-3-2-8(12(16)17)6-9(10)7-14-5-4-11(13-14)15(18)19/h2-6H,7H2,1H3,(H,16,17). The van der Waals surface area contributed by atoms with Crippen LogP contribution in [-0.2, 0) is 6.54 Å². The molecule has 1 heterocycles. The molecule has 0 amide bonds. The van der Waals surface area contributed by atoms with E-state index in [1.165, 1.54) is 42.3 Å². The van der Waals surface area contributed by atoms with Gasteiger partial charge < -0.3 is 20.0 Å². The quantitative estimate of drug-likeness (QED) is 0.656. The first-order valence-electron chi connectivity index (χ1n) is 5.59. The number of nitro groups is 1. The van der Waals surface area contributed by atoms with Crippen LogP contribution < -0.4 is 4.74 Å². The van der Waals surface area contributed by atoms with Gasteiger partial charge in [0.2, 0.25) is 0 Å². The van der Waals surface area contributed by atoms with E-state index in [0.29, 0.717) is 11.3 Å². The number of carboxylic acids is 1. The minimum absolute atomic E-state index is 0.113. The zero-order valence-electron chi connectivity index (χ0n) is 10.5. The van der Waals surface area contributed by atoms with Gasteiger partial charge in [0.25, 0.3) is 0 Å². The maximum atomic E-state index is 10.9. The molecule has 0 saturated carbocycles. The van der Waals surface area contributed by atoms with Gasteiger partial charge in [0.15, 0.2) is 0 Å². The molecule has 0 unspecified atom stereocenters. The predicted octanol–water partition coefficient (Wildman–Crippen LogP) is 1.55. The number of aromatic nitrogens is 2. The molecule has 104 valence electrons. The second-order valence-electron chi connectivity index (χ2n) is 3.96. The Morgan fingerprint density at radius 1 is 1.50 bits per heavy atom. The average Bonchev–Trinajstić information content (AvgIpc) is 2.87. The van der Waals surface area contributed by atoms with E-state index in [2.05, 4.69) is 5.10 Å². The van der Waals surface area contributed by atoms with Crippen molar-refractivity contribution in [1.82, 2.24) is 9.78 Å². The monoisotopic (exact) mass is 277 g/mol. The molecule has 0 spiro atoms. The number of carbonyl (C=O) groups is 1. The van der Waals surface area contributed by atoms with Crippen molar-refractivity contribution < 1.29 is 19.6 Å². The molecular formula is C12H11N3O5. The van der Waals surface area contributed by atoms with Crippen LogP contribution in [0.25, 0.3) is 0 Å². The van der Waals surface area contributed by atoms with E-state index in [1.54, 1.807) is 0 Å². The fraction of sp³-hybridized carbons (Fsp3) is 0.167. The molecule has 1 N–H and O–H groups in total. The highest BCUT2D eigenvalue weighted by atomic mass is 16.6. The Morgan fingerprint density at radius 3 is 2.80 bits per heavy atom. The lowest BCUT2D eigenvalue weighted by Crippen LogP contribution is -2.05. The molecule has 0 fully saturated rings. The van der Waals surface area contributed by atoms with Gasteiger partial charge in [0.05, 0.1) is 36.6 Å². The normalized spacial score (nSPS) is 10.2. The second kappa shape index (κ2) is 5.39. The van der Waals surface area contributed by atoms with Gasteiger partial charge in [-0.15, -0.1) is 0 Å². The Morgan fingerprint density at radius 2 is 2.25 bits per heavy atom. The van der Waals surface area contributed by atoms with Crippen LogP contribution in [0.2, 0.25) is 0 Å². The molecule has 0 bridgehead atoms. The topological polar surface area (TPSA) is 107 Å². The van der Waals surface area contributed by atoms with E-state index in [9.17, 15) is 14.9 Å². The number of hydrogen-bond donors (Lipinski definition) is 1. The Hall–Kier alpha value is -2.90. The summed E-state index contributed by atoms with van der Waals surface area (Å²) in [5, 5.41) is 23.3. The van der Waals surface area contributed by atoms with Crippen molar-refractivity contribution in [3.8, 4) is 5.75 Å². The summed E-state index contributed by atoms with van der Waals surface area (Å²) in [6.45, 7) is 0.179. The van der Waals surface area contributed by atoms with Gasteiger partial charge in [0, 0.05) is 5.56 Å². The third-order valence-corrected chi connectivity index (χ3v) is 2.67. The van der Waals surface area contributed by atoms with Crippen molar-refractivity contribution in [2.45, 2.75) is 6.54 Å². The number of ether oxygens (including phenoxy) is 1. The van der Waals surface area contributed by atoms with Crippen molar-refractivity contribution in [2.24, 2.45) is 0 Å². The third-order valence-electron chi connectivity index (χ3n) is 2.67. The third kappa shape index (κ3) is 2.74. The minimum atomic E-state index is -1.06. The summed E-state index contributed by atoms with van der Waals surface area (Å²) in [6, 6.07) is 5.69. The molecule has 0 atom stereocenters. The molecular weight excluding hydrogens is 266 g/mol. The first kappa shape index (κ1) is 13.5. The van der Waals surface area contributed by atoms with E-state index in [-0.39, 0.29) is 17.9 Å². The van der Waals surface area contributed by atoms with Gasteiger partial charge in [-0.3, -0.25) is 0 Å². The zero-order valence-corrected chi connectivity index (χ0v) is 10.5. The predicted molar refractivity (Wildman–Crippen MR) is 67.9 cm³/mol. The number of benzene rings is 1. The summed E-state index contributed by atoms with van der Waals surface area (Å²) in [5.74, 6) is -0.827. The zero-order chi connectivity index (χ0) is 14.7. The summed E-state index contributed by atoms with van der Waals surface area (Å²) in [7, 11) is 1.46. The second-order valence-corrected chi connectivity index (χ2v) is 3.96. The number of hydrogen-bond acceptors (Lipinski definition) is 5. The van der Waals surface area contributed by atoms with Gasteiger partial charge in [0.1, 0.15) is 5.75 Å². The van der Waals surface area contributed by atoms with Crippen molar-refractivity contribution in [3.05, 3.63) is 51.7 Å². The van der Waals surface area contributed by atoms with Crippen LogP contribution in [-0.4, -0.2) is 32.9 Å². The first-order valence-corrected chi connectivity index (χ1v) is 5.59. The number of carboxylic acid groups (broad SMARTS) is 1. The fourth-order valence-corrected chi connectivity index (χ4v) is 1.75. The molecule has 1 aromatic heterocycles. The Kier molecular flexibility index (Phi) is 3.65. The summed E-state index contributed by atoms with van der Waals surface area (Å²) in [6.07, 6.45) is 1.45. The maximum Gasteiger partial charge on any atom is 0.389 e. The highest BCUT2D eigenvalue weighted by Crippen LogP contribution is 2.21. The van der Waals surface area contributed by atoms with Crippen LogP contribution in [0.3, 0.4) is 0 Å². The molecule has 20 heavy (non-hydrogen) atoms. The number of methoxy groups -OCH3 is 1. The Bertz CT molecular complexity index is 665. The van der Waals surface area contributed by atoms with Gasteiger partial charge >= 0.3 is 11.8 Å². The highest BCUT2D eigenvalue weighted by Gasteiger charge is 2.14. The molecule has 2 rings (SSSR count). The van der Waals surface area contributed by atoms with E-state index in [4.69, 9.17) is 9.84 Å². The first-order chi connectivity index (χ1) is 9.51. The molecule has 2 aromatic rings. The van der Waals surface area contributed by atoms with E-state index >= 15 is 0 Å². The van der Waals surface area contributed by atoms with Crippen molar-refractivity contribution >= 4 is 11.8 Å². The van der Waals surface area contributed by atoms with Gasteiger partial charge in [-0.1, -0.05) is 0 Å². The summed E-state index contributed by atoms with van der Waals surface area (Å²) >= 11 is 0. The van der Waals surface area contributed by atoms with E-state index < -0.39 is 10.9 Å². The van der Waals surface area contributed by atoms with Crippen LogP contribution in [0.4, 0.5) is 5.82 Å². The van der Waals surface area contributed by atoms with Crippen LogP contribution in [0.5, 0.6) is 5.75 Å². The summed E-state index contributed by atoms with van der Waals surface area (Å²) in [4.78, 5) is 20.9. The minimum Gasteiger partial charge on any atom is -0.496 e. The smallest absolute Gasteiger partial charge is 0.389 e. The van der Waals surface area contributed by atoms with Crippen LogP contribution in [0.15, 0.2) is 30.5 Å². The van der Waals surface area contributed by atoms with Crippen LogP contribution in [0, 0.1) is 10.1 Å². The van der Waals surface area contributed by atoms with Crippen molar-refractivity contribution in [3.63, 3.8) is 0 Å². The molecule has 0 aliphatic heterocycles. The molecule has 1 aromatic carbocycles. The molecule has 8 heteroatoms. The lowest BCUT2D eigenvalue weighted by Gasteiger charge is -2.08. The average molecular weight is 277 g/mol. The van der Waals surface area contributed by atoms with E-state index in [1.807, 2.05) is 0 Å². The molecule has 8 nitrogen and oxygen atoms in total. The SMILES string of the molecule is COc1ccc(C(=O)O)cc1Cn1ccc([N+](=O)[O-])n1. The fourth-order valence-electron chi connectivity index (χ4n) is 1.75. The molecule has 0 aliphatic carbocycles. The van der Waals surface area contributed by atoms with Gasteiger partial charge in [-0.2, -0.15) is 4.68 Å². The van der Waals surface area contributed by atoms with Crippen LogP contribution in [0.1, 0.15) is 15.9 Å². The molecule has 0 aliphatic rings. The maximum absolute atomic E-state index is 10.9. The Balaban J connectivity index is 2.32. The molecule has 0 saturated heterocycles. The van der Waals surface area contributed by atoms with Gasteiger partial charge in [-0.05, 0) is 23.1 Å². The number of nitrogens with zero attached hydrogens (tertiary/aromatic N) is 3.